The van der Waals surface area contributed by atoms with Gasteiger partial charge < -0.3 is 10.6 Å². The number of carbonyl (C=O) groups is 1. The Labute approximate surface area is 102 Å². The van der Waals surface area contributed by atoms with Crippen LogP contribution < -0.4 is 10.6 Å². The first-order valence-corrected chi connectivity index (χ1v) is 6.40. The largest absolute Gasteiger partial charge is 0.342 e. The van der Waals surface area contributed by atoms with E-state index in [0.29, 0.717) is 18.6 Å². The maximum Gasteiger partial charge on any atom is 0.235 e. The highest BCUT2D eigenvalue weighted by molar-refractivity contribution is 5.78. The minimum Gasteiger partial charge on any atom is -0.342 e. The van der Waals surface area contributed by atoms with Crippen LogP contribution >= 0.6 is 0 Å². The third kappa shape index (κ3) is 3.99. The Hall–Kier alpha value is -1.12. The Morgan fingerprint density at radius 3 is 2.88 bits per heavy atom. The molecule has 0 aromatic carbocycles. The predicted molar refractivity (Wildman–Crippen MR) is 64.2 cm³/mol. The Morgan fingerprint density at radius 2 is 2.29 bits per heavy atom. The minimum atomic E-state index is -0.0311. The van der Waals surface area contributed by atoms with Crippen LogP contribution in [0.4, 0.5) is 0 Å². The summed E-state index contributed by atoms with van der Waals surface area (Å²) in [5.41, 5.74) is 0. The third-order valence-electron chi connectivity index (χ3n) is 3.39. The molecule has 2 rings (SSSR count). The first kappa shape index (κ1) is 12.3. The van der Waals surface area contributed by atoms with Crippen LogP contribution in [0.5, 0.6) is 0 Å². The zero-order valence-electron chi connectivity index (χ0n) is 10.1. The van der Waals surface area contributed by atoms with Crippen molar-refractivity contribution in [2.24, 2.45) is 0 Å². The molecule has 0 aromatic heterocycles. The molecule has 1 atom stereocenters. The van der Waals surface area contributed by atoms with Gasteiger partial charge >= 0.3 is 0 Å². The molecule has 1 unspecified atom stereocenters. The van der Waals surface area contributed by atoms with E-state index in [1.54, 1.807) is 0 Å². The zero-order valence-corrected chi connectivity index (χ0v) is 10.1. The molecule has 1 saturated heterocycles. The minimum absolute atomic E-state index is 0.0311. The summed E-state index contributed by atoms with van der Waals surface area (Å²) in [7, 11) is 0. The number of nitrogens with zero attached hydrogens (tertiary/aromatic N) is 2. The standard InChI is InChI=1S/C12H20N4O/c13-5-7-15-12(17)9-16(11-3-4-11)8-10-2-1-6-14-10/h10-11,14H,1-4,6-9H2,(H,15,17). The zero-order chi connectivity index (χ0) is 12.1. The monoisotopic (exact) mass is 236 g/mol. The third-order valence-corrected chi connectivity index (χ3v) is 3.39. The molecule has 1 amide bonds. The van der Waals surface area contributed by atoms with Crippen LogP contribution in [0, 0.1) is 11.3 Å². The van der Waals surface area contributed by atoms with Gasteiger partial charge in [-0.1, -0.05) is 0 Å². The van der Waals surface area contributed by atoms with Gasteiger partial charge in [0.05, 0.1) is 12.6 Å². The average molecular weight is 236 g/mol. The fourth-order valence-electron chi connectivity index (χ4n) is 2.36. The maximum absolute atomic E-state index is 11.6. The Bertz CT molecular complexity index is 302. The molecule has 0 spiro atoms. The van der Waals surface area contributed by atoms with Gasteiger partial charge in [-0.3, -0.25) is 9.69 Å². The summed E-state index contributed by atoms with van der Waals surface area (Å²) in [6.07, 6.45) is 4.86. The highest BCUT2D eigenvalue weighted by atomic mass is 16.2. The molecule has 0 radical (unpaired) electrons. The van der Waals surface area contributed by atoms with Gasteiger partial charge in [-0.25, -0.2) is 0 Å². The summed E-state index contributed by atoms with van der Waals surface area (Å²) in [5.74, 6) is -0.0311. The topological polar surface area (TPSA) is 68.2 Å². The number of nitrogens with one attached hydrogen (secondary N) is 2. The molecule has 0 aromatic rings. The highest BCUT2D eigenvalue weighted by Gasteiger charge is 2.32. The molecule has 2 fully saturated rings. The van der Waals surface area contributed by atoms with E-state index in [2.05, 4.69) is 15.5 Å². The molecule has 1 aliphatic heterocycles. The van der Waals surface area contributed by atoms with Gasteiger partial charge in [0.15, 0.2) is 0 Å². The van der Waals surface area contributed by atoms with Crippen LogP contribution in [0.25, 0.3) is 0 Å². The smallest absolute Gasteiger partial charge is 0.235 e. The number of carbonyl (C=O) groups excluding carboxylic acids is 1. The average Bonchev–Trinajstić information content (AvgIpc) is 3.05. The second-order valence-electron chi connectivity index (χ2n) is 4.89. The summed E-state index contributed by atoms with van der Waals surface area (Å²) >= 11 is 0. The van der Waals surface area contributed by atoms with Crippen LogP contribution in [0.3, 0.4) is 0 Å². The molecule has 94 valence electrons. The van der Waals surface area contributed by atoms with Gasteiger partial charge in [0.1, 0.15) is 6.54 Å². The van der Waals surface area contributed by atoms with E-state index in [0.717, 1.165) is 13.1 Å². The molecule has 2 aliphatic rings. The van der Waals surface area contributed by atoms with E-state index < -0.39 is 0 Å². The fraction of sp³-hybridized carbons (Fsp3) is 0.833. The van der Waals surface area contributed by atoms with Crippen molar-refractivity contribution in [2.45, 2.75) is 37.8 Å². The van der Waals surface area contributed by atoms with Gasteiger partial charge in [0.2, 0.25) is 5.91 Å². The van der Waals surface area contributed by atoms with Gasteiger partial charge in [0, 0.05) is 18.6 Å². The quantitative estimate of drug-likeness (QED) is 0.629. The lowest BCUT2D eigenvalue weighted by Crippen LogP contribution is -2.44. The van der Waals surface area contributed by atoms with Gasteiger partial charge in [-0.15, -0.1) is 0 Å². The van der Waals surface area contributed by atoms with Crippen molar-refractivity contribution in [3.63, 3.8) is 0 Å². The Balaban J connectivity index is 1.76. The Kier molecular flexibility index (Phi) is 4.35. The van der Waals surface area contributed by atoms with E-state index >= 15 is 0 Å². The highest BCUT2D eigenvalue weighted by Crippen LogP contribution is 2.27. The van der Waals surface area contributed by atoms with Crippen molar-refractivity contribution >= 4 is 5.91 Å². The molecule has 1 saturated carbocycles. The second kappa shape index (κ2) is 5.99. The lowest BCUT2D eigenvalue weighted by molar-refractivity contribution is -0.122. The van der Waals surface area contributed by atoms with E-state index in [1.807, 2.05) is 6.07 Å². The summed E-state index contributed by atoms with van der Waals surface area (Å²) in [6.45, 7) is 2.61. The molecule has 17 heavy (non-hydrogen) atoms. The van der Waals surface area contributed by atoms with Gasteiger partial charge in [-0.05, 0) is 32.2 Å². The van der Waals surface area contributed by atoms with Gasteiger partial charge in [0.25, 0.3) is 0 Å². The fourth-order valence-corrected chi connectivity index (χ4v) is 2.36. The van der Waals surface area contributed by atoms with E-state index in [1.165, 1.54) is 25.7 Å². The Morgan fingerprint density at radius 1 is 1.47 bits per heavy atom. The summed E-state index contributed by atoms with van der Waals surface area (Å²) in [4.78, 5) is 13.9. The molecule has 5 heteroatoms. The van der Waals surface area contributed by atoms with Crippen molar-refractivity contribution < 1.29 is 4.79 Å². The van der Waals surface area contributed by atoms with Gasteiger partial charge in [-0.2, -0.15) is 5.26 Å². The second-order valence-corrected chi connectivity index (χ2v) is 4.89. The van der Waals surface area contributed by atoms with Crippen LogP contribution in [0.2, 0.25) is 0 Å². The molecule has 1 aliphatic carbocycles. The van der Waals surface area contributed by atoms with Crippen LogP contribution in [-0.4, -0.2) is 49.1 Å². The first-order valence-electron chi connectivity index (χ1n) is 6.40. The van der Waals surface area contributed by atoms with E-state index in [-0.39, 0.29) is 12.5 Å². The van der Waals surface area contributed by atoms with Crippen molar-refractivity contribution in [3.05, 3.63) is 0 Å². The number of hydrogen-bond donors (Lipinski definition) is 2. The normalized spacial score (nSPS) is 23.6. The number of amides is 1. The maximum atomic E-state index is 11.6. The number of nitriles is 1. The summed E-state index contributed by atoms with van der Waals surface area (Å²) < 4.78 is 0. The van der Waals surface area contributed by atoms with Crippen molar-refractivity contribution in [2.75, 3.05) is 26.2 Å². The number of rotatable bonds is 6. The molecule has 5 nitrogen and oxygen atoms in total. The molecule has 2 N–H and O–H groups in total. The van der Waals surface area contributed by atoms with Crippen molar-refractivity contribution in [1.29, 1.82) is 5.26 Å². The van der Waals surface area contributed by atoms with Crippen LogP contribution in [0.15, 0.2) is 0 Å². The summed E-state index contributed by atoms with van der Waals surface area (Å²) in [6, 6.07) is 3.06. The molecule has 1 heterocycles. The lowest BCUT2D eigenvalue weighted by Gasteiger charge is -2.24. The van der Waals surface area contributed by atoms with E-state index in [9.17, 15) is 4.79 Å². The first-order chi connectivity index (χ1) is 8.29. The summed E-state index contributed by atoms with van der Waals surface area (Å²) in [5, 5.41) is 14.5. The van der Waals surface area contributed by atoms with Crippen molar-refractivity contribution in [1.82, 2.24) is 15.5 Å². The van der Waals surface area contributed by atoms with E-state index in [4.69, 9.17) is 5.26 Å². The van der Waals surface area contributed by atoms with Crippen LogP contribution in [-0.2, 0) is 4.79 Å². The molecule has 0 bridgehead atoms. The lowest BCUT2D eigenvalue weighted by atomic mass is 10.2. The number of hydrogen-bond acceptors (Lipinski definition) is 4. The van der Waals surface area contributed by atoms with Crippen molar-refractivity contribution in [3.8, 4) is 6.07 Å². The van der Waals surface area contributed by atoms with Crippen LogP contribution in [0.1, 0.15) is 25.7 Å². The molecular formula is C12H20N4O. The predicted octanol–water partition coefficient (Wildman–Crippen LogP) is -0.157. The molecular weight excluding hydrogens is 216 g/mol. The SMILES string of the molecule is N#CCNC(=O)CN(CC1CCCN1)C1CC1.